The molecule has 0 unspecified atom stereocenters. The molecule has 2 fully saturated rings. The van der Waals surface area contributed by atoms with Crippen molar-refractivity contribution in [1.82, 2.24) is 24.7 Å². The number of hydrogen-bond acceptors (Lipinski definition) is 6. The Balaban J connectivity index is 1.46. The predicted molar refractivity (Wildman–Crippen MR) is 101 cm³/mol. The minimum absolute atomic E-state index is 0.391. The van der Waals surface area contributed by atoms with Gasteiger partial charge in [-0.25, -0.2) is 0 Å². The molecule has 0 radical (unpaired) electrons. The molecular weight excluding hydrogens is 328 g/mol. The highest BCUT2D eigenvalue weighted by atomic mass is 16.5. The van der Waals surface area contributed by atoms with Gasteiger partial charge in [0.05, 0.1) is 6.61 Å². The molecule has 0 bridgehead atoms. The van der Waals surface area contributed by atoms with Gasteiger partial charge in [0.25, 0.3) is 0 Å². The second-order valence-electron chi connectivity index (χ2n) is 8.41. The number of anilines is 1. The van der Waals surface area contributed by atoms with E-state index in [1.54, 1.807) is 10.8 Å². The zero-order valence-electron chi connectivity index (χ0n) is 16.1. The van der Waals surface area contributed by atoms with Crippen LogP contribution >= 0.6 is 0 Å². The van der Waals surface area contributed by atoms with Gasteiger partial charge in [-0.05, 0) is 36.3 Å². The first-order valence-corrected chi connectivity index (χ1v) is 9.73. The maximum Gasteiger partial charge on any atom is 0.177 e. The van der Waals surface area contributed by atoms with Gasteiger partial charge in [-0.1, -0.05) is 13.8 Å². The van der Waals surface area contributed by atoms with Crippen LogP contribution in [0.5, 0.6) is 0 Å². The summed E-state index contributed by atoms with van der Waals surface area (Å²) in [4.78, 5) is 5.06. The molecule has 26 heavy (non-hydrogen) atoms. The summed E-state index contributed by atoms with van der Waals surface area (Å²) in [6, 6.07) is 4.06. The van der Waals surface area contributed by atoms with Crippen LogP contribution in [0.4, 0.5) is 5.82 Å². The smallest absolute Gasteiger partial charge is 0.177 e. The number of nitrogens with zero attached hydrogens (tertiary/aromatic N) is 6. The molecule has 2 aliphatic rings. The normalized spacial score (nSPS) is 23.5. The van der Waals surface area contributed by atoms with Gasteiger partial charge in [0.1, 0.15) is 12.1 Å². The van der Waals surface area contributed by atoms with Crippen LogP contribution in [0.25, 0.3) is 5.65 Å². The van der Waals surface area contributed by atoms with Gasteiger partial charge in [-0.2, -0.15) is 4.52 Å². The van der Waals surface area contributed by atoms with Gasteiger partial charge in [-0.15, -0.1) is 15.3 Å². The number of rotatable bonds is 5. The van der Waals surface area contributed by atoms with Gasteiger partial charge in [0.15, 0.2) is 5.65 Å². The number of likely N-dealkylation sites (tertiary alicyclic amines) is 1. The van der Waals surface area contributed by atoms with Crippen LogP contribution in [0.15, 0.2) is 18.5 Å². The van der Waals surface area contributed by atoms with E-state index in [9.17, 15) is 0 Å². The van der Waals surface area contributed by atoms with Crippen molar-refractivity contribution in [2.24, 2.45) is 17.3 Å². The van der Waals surface area contributed by atoms with Crippen LogP contribution in [0, 0.1) is 17.3 Å². The molecule has 2 saturated heterocycles. The van der Waals surface area contributed by atoms with Crippen molar-refractivity contribution in [1.29, 1.82) is 0 Å². The van der Waals surface area contributed by atoms with E-state index in [1.807, 2.05) is 13.2 Å². The Morgan fingerprint density at radius 3 is 2.81 bits per heavy atom. The molecule has 0 N–H and O–H groups in total. The van der Waals surface area contributed by atoms with Gasteiger partial charge in [0, 0.05) is 45.8 Å². The largest absolute Gasteiger partial charge is 0.384 e. The van der Waals surface area contributed by atoms with Crippen molar-refractivity contribution in [3.63, 3.8) is 0 Å². The average Bonchev–Trinajstić information content (AvgIpc) is 3.20. The molecule has 0 saturated carbocycles. The Bertz CT molecular complexity index is 736. The van der Waals surface area contributed by atoms with E-state index in [1.165, 1.54) is 32.5 Å². The molecule has 2 aliphatic heterocycles. The SMILES string of the molecule is COC[C@@H]1CN(CC(C)C)CC12CCN(c1ccc3nncn3n1)CC2. The lowest BCUT2D eigenvalue weighted by Crippen LogP contribution is -2.45. The van der Waals surface area contributed by atoms with Gasteiger partial charge < -0.3 is 14.5 Å². The van der Waals surface area contributed by atoms with Crippen molar-refractivity contribution in [2.75, 3.05) is 51.3 Å². The lowest BCUT2D eigenvalue weighted by molar-refractivity contribution is 0.0761. The number of hydrogen-bond donors (Lipinski definition) is 0. The van der Waals surface area contributed by atoms with E-state index >= 15 is 0 Å². The molecule has 4 heterocycles. The topological polar surface area (TPSA) is 58.8 Å². The Morgan fingerprint density at radius 1 is 1.27 bits per heavy atom. The minimum Gasteiger partial charge on any atom is -0.384 e. The first-order chi connectivity index (χ1) is 12.6. The first kappa shape index (κ1) is 17.7. The molecule has 0 aliphatic carbocycles. The third-order valence-electron chi connectivity index (χ3n) is 6.11. The second kappa shape index (κ2) is 7.12. The Hall–Kier alpha value is -1.73. The van der Waals surface area contributed by atoms with Gasteiger partial charge in [0.2, 0.25) is 0 Å². The summed E-state index contributed by atoms with van der Waals surface area (Å²) in [7, 11) is 1.84. The summed E-state index contributed by atoms with van der Waals surface area (Å²) in [6.45, 7) is 11.2. The fourth-order valence-corrected chi connectivity index (χ4v) is 4.87. The summed E-state index contributed by atoms with van der Waals surface area (Å²) < 4.78 is 7.34. The lowest BCUT2D eigenvalue weighted by Gasteiger charge is -2.43. The van der Waals surface area contributed by atoms with Crippen LogP contribution in [0.2, 0.25) is 0 Å². The molecule has 2 aromatic rings. The average molecular weight is 358 g/mol. The molecule has 2 aromatic heterocycles. The van der Waals surface area contributed by atoms with Gasteiger partial charge >= 0.3 is 0 Å². The zero-order valence-corrected chi connectivity index (χ0v) is 16.1. The summed E-state index contributed by atoms with van der Waals surface area (Å²) >= 11 is 0. The standard InChI is InChI=1S/C19H30N6O/c1-15(2)10-23-11-16(12-26-3)19(13-23)6-8-24(9-7-19)18-5-4-17-21-20-14-25(17)22-18/h4-5,14-16H,6-13H2,1-3H3/t16-/m0/s1. The number of methoxy groups -OCH3 is 1. The highest BCUT2D eigenvalue weighted by molar-refractivity contribution is 5.45. The van der Waals surface area contributed by atoms with Crippen LogP contribution in [0.3, 0.4) is 0 Å². The van der Waals surface area contributed by atoms with Crippen molar-refractivity contribution < 1.29 is 4.74 Å². The fraction of sp³-hybridized carbons (Fsp3) is 0.737. The van der Waals surface area contributed by atoms with Crippen molar-refractivity contribution >= 4 is 11.5 Å². The number of piperidine rings is 1. The van der Waals surface area contributed by atoms with Crippen molar-refractivity contribution in [3.05, 3.63) is 18.5 Å². The quantitative estimate of drug-likeness (QED) is 0.814. The molecule has 0 aromatic carbocycles. The van der Waals surface area contributed by atoms with Crippen LogP contribution in [-0.4, -0.2) is 71.2 Å². The van der Waals surface area contributed by atoms with E-state index in [4.69, 9.17) is 4.74 Å². The lowest BCUT2D eigenvalue weighted by atomic mass is 9.71. The summed E-state index contributed by atoms with van der Waals surface area (Å²) in [5.41, 5.74) is 1.18. The van der Waals surface area contributed by atoms with Crippen molar-refractivity contribution in [2.45, 2.75) is 26.7 Å². The molecule has 142 valence electrons. The minimum atomic E-state index is 0.391. The second-order valence-corrected chi connectivity index (χ2v) is 8.41. The number of fused-ring (bicyclic) bond motifs is 1. The summed E-state index contributed by atoms with van der Waals surface area (Å²) in [5.74, 6) is 2.38. The van der Waals surface area contributed by atoms with E-state index in [0.717, 1.165) is 31.2 Å². The maximum atomic E-state index is 5.59. The fourth-order valence-electron chi connectivity index (χ4n) is 4.87. The van der Waals surface area contributed by atoms with E-state index in [-0.39, 0.29) is 0 Å². The molecule has 7 nitrogen and oxygen atoms in total. The van der Waals surface area contributed by atoms with Gasteiger partial charge in [-0.3, -0.25) is 0 Å². The molecule has 7 heteroatoms. The predicted octanol–water partition coefficient (Wildman–Crippen LogP) is 1.95. The first-order valence-electron chi connectivity index (χ1n) is 9.73. The molecular formula is C19H30N6O. The maximum absolute atomic E-state index is 5.59. The van der Waals surface area contributed by atoms with E-state index in [2.05, 4.69) is 45.0 Å². The third kappa shape index (κ3) is 3.30. The van der Waals surface area contributed by atoms with Crippen molar-refractivity contribution in [3.8, 4) is 0 Å². The van der Waals surface area contributed by atoms with Crippen LogP contribution in [-0.2, 0) is 4.74 Å². The Morgan fingerprint density at radius 2 is 2.08 bits per heavy atom. The highest BCUT2D eigenvalue weighted by Gasteiger charge is 2.47. The number of ether oxygens (including phenoxy) is 1. The van der Waals surface area contributed by atoms with E-state index < -0.39 is 0 Å². The Kier molecular flexibility index (Phi) is 4.84. The van der Waals surface area contributed by atoms with Crippen LogP contribution < -0.4 is 4.90 Å². The Labute approximate surface area is 155 Å². The van der Waals surface area contributed by atoms with E-state index in [0.29, 0.717) is 17.3 Å². The molecule has 1 atom stereocenters. The summed E-state index contributed by atoms with van der Waals surface area (Å²) in [5, 5.41) is 12.6. The third-order valence-corrected chi connectivity index (χ3v) is 6.11. The molecule has 0 amide bonds. The monoisotopic (exact) mass is 358 g/mol. The molecule has 4 rings (SSSR count). The highest BCUT2D eigenvalue weighted by Crippen LogP contribution is 2.45. The number of aromatic nitrogens is 4. The molecule has 1 spiro atoms. The van der Waals surface area contributed by atoms with Crippen LogP contribution in [0.1, 0.15) is 26.7 Å². The zero-order chi connectivity index (χ0) is 18.1. The summed E-state index contributed by atoms with van der Waals surface area (Å²) in [6.07, 6.45) is 4.08.